The molecule has 0 fully saturated rings. The highest BCUT2D eigenvalue weighted by atomic mass is 32.2. The van der Waals surface area contributed by atoms with Gasteiger partial charge in [0.1, 0.15) is 16.0 Å². The first-order valence-corrected chi connectivity index (χ1v) is 17.1. The van der Waals surface area contributed by atoms with Gasteiger partial charge in [-0.25, -0.2) is 0 Å². The van der Waals surface area contributed by atoms with E-state index in [2.05, 4.69) is 26.1 Å². The van der Waals surface area contributed by atoms with E-state index in [1.807, 2.05) is 110 Å². The van der Waals surface area contributed by atoms with Crippen molar-refractivity contribution in [1.29, 1.82) is 0 Å². The molecule has 0 aliphatic rings. The van der Waals surface area contributed by atoms with E-state index in [1.165, 1.54) is 23.1 Å². The molecule has 6 aromatic rings. The Labute approximate surface area is 292 Å². The van der Waals surface area contributed by atoms with Gasteiger partial charge in [0.15, 0.2) is 0 Å². The molecule has 0 aliphatic heterocycles. The number of nitrogens with zero attached hydrogens (tertiary/aromatic N) is 2. The van der Waals surface area contributed by atoms with Gasteiger partial charge in [0.05, 0.1) is 0 Å². The minimum atomic E-state index is -0.554. The minimum absolute atomic E-state index is 0.0903. The summed E-state index contributed by atoms with van der Waals surface area (Å²) in [6.45, 7) is 1.83. The molecule has 1 aromatic heterocycles. The fraction of sp³-hybridized carbons (Fsp3) is 0.0513. The molecule has 0 radical (unpaired) electrons. The van der Waals surface area contributed by atoms with Crippen LogP contribution in [0.1, 0.15) is 31.7 Å². The van der Waals surface area contributed by atoms with E-state index < -0.39 is 17.1 Å². The van der Waals surface area contributed by atoms with E-state index in [-0.39, 0.29) is 11.6 Å². The molecule has 0 bridgehead atoms. The zero-order valence-corrected chi connectivity index (χ0v) is 28.0. The summed E-state index contributed by atoms with van der Waals surface area (Å²) in [5, 5.41) is 17.2. The Hall–Kier alpha value is -5.84. The number of aryl methyl sites for hydroxylation is 1. The number of nitrogens with one attached hydrogen (secondary N) is 3. The zero-order valence-electron chi connectivity index (χ0n) is 26.4. The number of anilines is 2. The molecule has 3 amide bonds. The van der Waals surface area contributed by atoms with Crippen molar-refractivity contribution in [2.24, 2.45) is 0 Å². The maximum Gasteiger partial charge on any atom is 0.272 e. The van der Waals surface area contributed by atoms with E-state index in [1.54, 1.807) is 42.5 Å². The predicted octanol–water partition coefficient (Wildman–Crippen LogP) is 8.40. The molecular formula is C39H31N5O3S2. The summed E-state index contributed by atoms with van der Waals surface area (Å²) in [5.41, 5.74) is 4.75. The van der Waals surface area contributed by atoms with Crippen molar-refractivity contribution >= 4 is 57.7 Å². The highest BCUT2D eigenvalue weighted by Crippen LogP contribution is 2.37. The van der Waals surface area contributed by atoms with Crippen LogP contribution in [0.5, 0.6) is 0 Å². The summed E-state index contributed by atoms with van der Waals surface area (Å²) < 4.78 is 0. The first kappa shape index (κ1) is 33.1. The zero-order chi connectivity index (χ0) is 34.0. The fourth-order valence-corrected chi connectivity index (χ4v) is 6.50. The molecule has 6 rings (SSSR count). The largest absolute Gasteiger partial charge is 0.321 e. The number of carbonyl (C=O) groups excluding carboxylic acids is 3. The molecule has 1 atom stereocenters. The monoisotopic (exact) mass is 681 g/mol. The Morgan fingerprint density at radius 2 is 1.31 bits per heavy atom. The standard InChI is InChI=1S/C39H31N5O3S2/c1-26-43-44-39(48-26)42-38(47)35(30-13-7-3-8-14-30)49-33-23-21-32(22-24-33)40-37(46)34(41-36(45)31-15-9-4-10-16-31)25-27-17-19-29(20-18-27)28-11-5-2-6-12-28/h2-25,35H,1H3,(H,40,46)(H,41,45)(H,42,44,47)/b34-25-. The van der Waals surface area contributed by atoms with Crippen LogP contribution in [0.4, 0.5) is 10.8 Å². The molecular weight excluding hydrogens is 651 g/mol. The normalized spacial score (nSPS) is 11.7. The topological polar surface area (TPSA) is 113 Å². The summed E-state index contributed by atoms with van der Waals surface area (Å²) in [6, 6.07) is 43.2. The number of carbonyl (C=O) groups is 3. The summed E-state index contributed by atoms with van der Waals surface area (Å²) in [5.74, 6) is -1.10. The lowest BCUT2D eigenvalue weighted by Crippen LogP contribution is -2.30. The van der Waals surface area contributed by atoms with Crippen LogP contribution in [0.15, 0.2) is 150 Å². The van der Waals surface area contributed by atoms with Crippen molar-refractivity contribution in [2.75, 3.05) is 10.6 Å². The molecule has 1 unspecified atom stereocenters. The molecule has 1 heterocycles. The lowest BCUT2D eigenvalue weighted by molar-refractivity contribution is -0.116. The second kappa shape index (κ2) is 15.8. The van der Waals surface area contributed by atoms with Gasteiger partial charge in [-0.3, -0.25) is 19.7 Å². The SMILES string of the molecule is Cc1nnc(NC(=O)C(Sc2ccc(NC(=O)/C(=C/c3ccc(-c4ccccc4)cc3)NC(=O)c3ccccc3)cc2)c2ccccc2)s1. The van der Waals surface area contributed by atoms with E-state index in [9.17, 15) is 14.4 Å². The molecule has 10 heteroatoms. The maximum atomic E-state index is 13.6. The van der Waals surface area contributed by atoms with Gasteiger partial charge in [0.2, 0.25) is 11.0 Å². The van der Waals surface area contributed by atoms with E-state index >= 15 is 0 Å². The molecule has 0 spiro atoms. The average molecular weight is 682 g/mol. The van der Waals surface area contributed by atoms with Crippen molar-refractivity contribution in [2.45, 2.75) is 17.1 Å². The number of amides is 3. The molecule has 8 nitrogen and oxygen atoms in total. The van der Waals surface area contributed by atoms with Crippen LogP contribution in [-0.2, 0) is 9.59 Å². The van der Waals surface area contributed by atoms with Crippen molar-refractivity contribution in [3.8, 4) is 11.1 Å². The van der Waals surface area contributed by atoms with Gasteiger partial charge in [-0.15, -0.1) is 22.0 Å². The Bertz CT molecular complexity index is 2070. The van der Waals surface area contributed by atoms with Crippen LogP contribution in [-0.4, -0.2) is 27.9 Å². The molecule has 242 valence electrons. The number of aromatic nitrogens is 2. The Morgan fingerprint density at radius 1 is 0.694 bits per heavy atom. The average Bonchev–Trinajstić information content (AvgIpc) is 3.56. The third kappa shape index (κ3) is 8.95. The molecule has 0 saturated carbocycles. The first-order valence-electron chi connectivity index (χ1n) is 15.4. The third-order valence-corrected chi connectivity index (χ3v) is 9.34. The number of hydrogen-bond donors (Lipinski definition) is 3. The Morgan fingerprint density at radius 3 is 1.94 bits per heavy atom. The van der Waals surface area contributed by atoms with Gasteiger partial charge in [-0.1, -0.05) is 114 Å². The quantitative estimate of drug-likeness (QED) is 0.0935. The number of hydrogen-bond acceptors (Lipinski definition) is 7. The van der Waals surface area contributed by atoms with Crippen molar-refractivity contribution < 1.29 is 14.4 Å². The molecule has 0 aliphatic carbocycles. The van der Waals surface area contributed by atoms with Gasteiger partial charge in [-0.05, 0) is 71.7 Å². The van der Waals surface area contributed by atoms with Crippen molar-refractivity contribution in [1.82, 2.24) is 15.5 Å². The fourth-order valence-electron chi connectivity index (χ4n) is 4.88. The van der Waals surface area contributed by atoms with Crippen LogP contribution in [0.25, 0.3) is 17.2 Å². The van der Waals surface area contributed by atoms with Gasteiger partial charge < -0.3 is 10.6 Å². The van der Waals surface area contributed by atoms with Gasteiger partial charge in [0, 0.05) is 16.1 Å². The van der Waals surface area contributed by atoms with Gasteiger partial charge in [-0.2, -0.15) is 0 Å². The second-order valence-corrected chi connectivity index (χ2v) is 13.2. The highest BCUT2D eigenvalue weighted by molar-refractivity contribution is 8.00. The maximum absolute atomic E-state index is 13.6. The predicted molar refractivity (Wildman–Crippen MR) is 197 cm³/mol. The van der Waals surface area contributed by atoms with Crippen molar-refractivity contribution in [3.63, 3.8) is 0 Å². The Kier molecular flexibility index (Phi) is 10.7. The lowest BCUT2D eigenvalue weighted by Gasteiger charge is -2.16. The summed E-state index contributed by atoms with van der Waals surface area (Å²) >= 11 is 2.69. The van der Waals surface area contributed by atoms with E-state index in [0.29, 0.717) is 16.4 Å². The van der Waals surface area contributed by atoms with Gasteiger partial charge >= 0.3 is 0 Å². The number of benzene rings is 5. The van der Waals surface area contributed by atoms with Crippen LogP contribution in [0.2, 0.25) is 0 Å². The third-order valence-electron chi connectivity index (χ3n) is 7.32. The molecule has 3 N–H and O–H groups in total. The van der Waals surface area contributed by atoms with Crippen LogP contribution in [0, 0.1) is 6.92 Å². The van der Waals surface area contributed by atoms with Crippen LogP contribution < -0.4 is 16.0 Å². The van der Waals surface area contributed by atoms with E-state index in [4.69, 9.17) is 0 Å². The molecule has 0 saturated heterocycles. The smallest absolute Gasteiger partial charge is 0.272 e. The van der Waals surface area contributed by atoms with Crippen LogP contribution >= 0.6 is 23.1 Å². The highest BCUT2D eigenvalue weighted by Gasteiger charge is 2.23. The summed E-state index contributed by atoms with van der Waals surface area (Å²) in [4.78, 5) is 40.9. The second-order valence-electron chi connectivity index (χ2n) is 10.9. The minimum Gasteiger partial charge on any atom is -0.321 e. The van der Waals surface area contributed by atoms with Gasteiger partial charge in [0.25, 0.3) is 11.8 Å². The molecule has 49 heavy (non-hydrogen) atoms. The van der Waals surface area contributed by atoms with E-state index in [0.717, 1.165) is 32.2 Å². The van der Waals surface area contributed by atoms with Crippen molar-refractivity contribution in [3.05, 3.63) is 167 Å². The summed E-state index contributed by atoms with van der Waals surface area (Å²) in [6.07, 6.45) is 1.65. The molecule has 5 aromatic carbocycles. The number of thioether (sulfide) groups is 1. The summed E-state index contributed by atoms with van der Waals surface area (Å²) in [7, 11) is 0. The number of rotatable bonds is 11. The Balaban J connectivity index is 1.19. The van der Waals surface area contributed by atoms with Crippen LogP contribution in [0.3, 0.4) is 0 Å². The lowest BCUT2D eigenvalue weighted by atomic mass is 10.0. The first-order chi connectivity index (χ1) is 23.9.